The average molecular weight is 260 g/mol. The number of hydrogen-bond donors (Lipinski definition) is 1. The van der Waals surface area contributed by atoms with E-state index in [-0.39, 0.29) is 0 Å². The van der Waals surface area contributed by atoms with E-state index < -0.39 is 0 Å². The van der Waals surface area contributed by atoms with Gasteiger partial charge in [-0.05, 0) is 31.5 Å². The topological polar surface area (TPSA) is 34.8 Å². The minimum Gasteiger partial charge on any atom is -0.349 e. The van der Waals surface area contributed by atoms with E-state index in [1.54, 1.807) is 0 Å². The molecule has 1 unspecified atom stereocenters. The predicted molar refractivity (Wildman–Crippen MR) is 78.1 cm³/mol. The van der Waals surface area contributed by atoms with E-state index >= 15 is 0 Å². The zero-order valence-corrected chi connectivity index (χ0v) is 12.3. The second-order valence-electron chi connectivity index (χ2n) is 5.33. The molecule has 0 aliphatic rings. The number of rotatable bonds is 6. The number of hydrogen-bond acceptors (Lipinski definition) is 2. The Labute approximate surface area is 115 Å². The van der Waals surface area contributed by atoms with Gasteiger partial charge in [-0.2, -0.15) is 5.10 Å². The Hall–Kier alpha value is -1.55. The normalized spacial score (nSPS) is 13.1. The van der Waals surface area contributed by atoms with Crippen LogP contribution in [-0.4, -0.2) is 21.4 Å². The van der Waals surface area contributed by atoms with E-state index in [1.807, 2.05) is 17.9 Å². The van der Waals surface area contributed by atoms with Crippen LogP contribution in [0, 0.1) is 5.92 Å². The van der Waals surface area contributed by atoms with Gasteiger partial charge in [-0.3, -0.25) is 4.68 Å². The summed E-state index contributed by atoms with van der Waals surface area (Å²) in [5.74, 6) is 0.587. The highest BCUT2D eigenvalue weighted by atomic mass is 15.3. The van der Waals surface area contributed by atoms with Crippen LogP contribution in [0.1, 0.15) is 37.9 Å². The molecule has 0 saturated carbocycles. The van der Waals surface area contributed by atoms with E-state index in [0.29, 0.717) is 12.0 Å². The molecule has 2 aromatic rings. The molecule has 104 valence electrons. The summed E-state index contributed by atoms with van der Waals surface area (Å²) in [5.41, 5.74) is 2.59. The quantitative estimate of drug-likeness (QED) is 0.866. The molecule has 0 aliphatic carbocycles. The number of nitrogens with one attached hydrogen (secondary N) is 1. The third-order valence-corrected chi connectivity index (χ3v) is 3.49. The van der Waals surface area contributed by atoms with Crippen molar-refractivity contribution in [2.45, 2.75) is 39.9 Å². The first-order chi connectivity index (χ1) is 9.13. The molecule has 4 heteroatoms. The molecular formula is C15H24N4. The summed E-state index contributed by atoms with van der Waals surface area (Å²) in [5, 5.41) is 7.69. The van der Waals surface area contributed by atoms with Gasteiger partial charge in [0.1, 0.15) is 0 Å². The number of nitrogens with zero attached hydrogens (tertiary/aromatic N) is 3. The van der Waals surface area contributed by atoms with Gasteiger partial charge in [0.05, 0.1) is 12.7 Å². The summed E-state index contributed by atoms with van der Waals surface area (Å²) in [6, 6.07) is 2.62. The first-order valence-electron chi connectivity index (χ1n) is 6.98. The largest absolute Gasteiger partial charge is 0.349 e. The van der Waals surface area contributed by atoms with Crippen molar-refractivity contribution in [3.63, 3.8) is 0 Å². The molecule has 1 N–H and O–H groups in total. The Balaban J connectivity index is 2.08. The molecular weight excluding hydrogens is 236 g/mol. The van der Waals surface area contributed by atoms with Crippen LogP contribution in [0.3, 0.4) is 0 Å². The number of aromatic nitrogens is 3. The van der Waals surface area contributed by atoms with Gasteiger partial charge in [0.2, 0.25) is 0 Å². The van der Waals surface area contributed by atoms with Crippen LogP contribution in [0.25, 0.3) is 0 Å². The lowest BCUT2D eigenvalue weighted by molar-refractivity contribution is 0.443. The molecule has 2 heterocycles. The van der Waals surface area contributed by atoms with Gasteiger partial charge in [0.15, 0.2) is 0 Å². The molecule has 0 bridgehead atoms. The van der Waals surface area contributed by atoms with Crippen molar-refractivity contribution in [2.75, 3.05) is 7.05 Å². The Morgan fingerprint density at radius 1 is 1.32 bits per heavy atom. The molecule has 0 aromatic carbocycles. The molecule has 0 aliphatic heterocycles. The van der Waals surface area contributed by atoms with E-state index in [1.165, 1.54) is 11.1 Å². The molecule has 0 radical (unpaired) electrons. The highest BCUT2D eigenvalue weighted by Gasteiger charge is 2.14. The minimum atomic E-state index is 0.416. The lowest BCUT2D eigenvalue weighted by atomic mass is 9.99. The highest BCUT2D eigenvalue weighted by molar-refractivity contribution is 5.17. The van der Waals surface area contributed by atoms with Crippen molar-refractivity contribution in [3.05, 3.63) is 42.0 Å². The third-order valence-electron chi connectivity index (χ3n) is 3.49. The summed E-state index contributed by atoms with van der Waals surface area (Å²) >= 11 is 0. The fourth-order valence-electron chi connectivity index (χ4n) is 2.50. The molecule has 1 atom stereocenters. The number of aryl methyl sites for hydroxylation is 1. The van der Waals surface area contributed by atoms with Gasteiger partial charge >= 0.3 is 0 Å². The summed E-state index contributed by atoms with van der Waals surface area (Å²) in [4.78, 5) is 0. The van der Waals surface area contributed by atoms with Gasteiger partial charge in [-0.25, -0.2) is 0 Å². The van der Waals surface area contributed by atoms with Crippen LogP contribution >= 0.6 is 0 Å². The smallest absolute Gasteiger partial charge is 0.0539 e. The monoisotopic (exact) mass is 260 g/mol. The maximum absolute atomic E-state index is 4.31. The predicted octanol–water partition coefficient (Wildman–Crippen LogP) is 2.67. The SMILES string of the molecule is CCn1cc(Cn2ccc(C(NC)C(C)C)c2)cn1. The van der Waals surface area contributed by atoms with Crippen LogP contribution in [0.2, 0.25) is 0 Å². The van der Waals surface area contributed by atoms with Crippen molar-refractivity contribution >= 4 is 0 Å². The molecule has 19 heavy (non-hydrogen) atoms. The van der Waals surface area contributed by atoms with E-state index in [9.17, 15) is 0 Å². The highest BCUT2D eigenvalue weighted by Crippen LogP contribution is 2.21. The van der Waals surface area contributed by atoms with Crippen LogP contribution in [0.5, 0.6) is 0 Å². The van der Waals surface area contributed by atoms with Crippen molar-refractivity contribution in [1.29, 1.82) is 0 Å². The summed E-state index contributed by atoms with van der Waals surface area (Å²) in [7, 11) is 2.02. The fraction of sp³-hybridized carbons (Fsp3) is 0.533. The van der Waals surface area contributed by atoms with Crippen molar-refractivity contribution < 1.29 is 0 Å². The molecule has 2 rings (SSSR count). The maximum atomic E-state index is 4.31. The van der Waals surface area contributed by atoms with Gasteiger partial charge in [0.25, 0.3) is 0 Å². The summed E-state index contributed by atoms with van der Waals surface area (Å²) < 4.78 is 4.18. The van der Waals surface area contributed by atoms with Gasteiger partial charge in [-0.1, -0.05) is 13.8 Å². The second-order valence-corrected chi connectivity index (χ2v) is 5.33. The Kier molecular flexibility index (Phi) is 4.43. The average Bonchev–Trinajstić information content (AvgIpc) is 3.00. The van der Waals surface area contributed by atoms with Crippen LogP contribution in [-0.2, 0) is 13.1 Å². The van der Waals surface area contributed by atoms with Crippen LogP contribution in [0.4, 0.5) is 0 Å². The Morgan fingerprint density at radius 3 is 2.68 bits per heavy atom. The maximum Gasteiger partial charge on any atom is 0.0539 e. The van der Waals surface area contributed by atoms with Crippen LogP contribution in [0.15, 0.2) is 30.9 Å². The Morgan fingerprint density at radius 2 is 2.11 bits per heavy atom. The van der Waals surface area contributed by atoms with Crippen LogP contribution < -0.4 is 5.32 Å². The molecule has 0 fully saturated rings. The molecule has 0 saturated heterocycles. The standard InChI is InChI=1S/C15H24N4/c1-5-19-10-13(8-17-19)9-18-7-6-14(11-18)15(16-4)12(2)3/h6-8,10-12,15-16H,5,9H2,1-4H3. The zero-order chi connectivity index (χ0) is 13.8. The molecule has 0 spiro atoms. The molecule has 2 aromatic heterocycles. The van der Waals surface area contributed by atoms with E-state index in [2.05, 4.69) is 60.4 Å². The Bertz CT molecular complexity index is 510. The molecule has 4 nitrogen and oxygen atoms in total. The second kappa shape index (κ2) is 6.06. The fourth-order valence-corrected chi connectivity index (χ4v) is 2.50. The van der Waals surface area contributed by atoms with Gasteiger partial charge in [-0.15, -0.1) is 0 Å². The van der Waals surface area contributed by atoms with Crippen molar-refractivity contribution in [2.24, 2.45) is 5.92 Å². The van der Waals surface area contributed by atoms with E-state index in [4.69, 9.17) is 0 Å². The summed E-state index contributed by atoms with van der Waals surface area (Å²) in [6.45, 7) is 8.39. The van der Waals surface area contributed by atoms with Gasteiger partial charge < -0.3 is 9.88 Å². The minimum absolute atomic E-state index is 0.416. The lowest BCUT2D eigenvalue weighted by Gasteiger charge is -2.18. The van der Waals surface area contributed by atoms with E-state index in [0.717, 1.165) is 13.1 Å². The van der Waals surface area contributed by atoms with Gasteiger partial charge in [0, 0.05) is 36.7 Å². The lowest BCUT2D eigenvalue weighted by Crippen LogP contribution is -2.21. The van der Waals surface area contributed by atoms with Crippen molar-refractivity contribution in [1.82, 2.24) is 19.7 Å². The summed E-state index contributed by atoms with van der Waals surface area (Å²) in [6.07, 6.45) is 8.43. The zero-order valence-electron chi connectivity index (χ0n) is 12.3. The third kappa shape index (κ3) is 3.26. The first kappa shape index (κ1) is 13.9. The van der Waals surface area contributed by atoms with Crippen molar-refractivity contribution in [3.8, 4) is 0 Å². The molecule has 0 amide bonds. The first-order valence-corrected chi connectivity index (χ1v) is 6.98.